The van der Waals surface area contributed by atoms with Gasteiger partial charge in [-0.3, -0.25) is 9.59 Å². The molecule has 112 valence electrons. The van der Waals surface area contributed by atoms with Crippen LogP contribution in [0.15, 0.2) is 24.3 Å². The number of rotatable bonds is 4. The molecule has 0 radical (unpaired) electrons. The predicted molar refractivity (Wildman–Crippen MR) is 75.7 cm³/mol. The third-order valence-electron chi connectivity index (χ3n) is 4.22. The largest absolute Gasteiger partial charge is 0.343 e. The maximum absolute atomic E-state index is 13.3. The quantitative estimate of drug-likeness (QED) is 0.920. The molecule has 1 aliphatic heterocycles. The van der Waals surface area contributed by atoms with Crippen molar-refractivity contribution < 1.29 is 14.0 Å². The molecule has 2 unspecified atom stereocenters. The monoisotopic (exact) mass is 290 g/mol. The summed E-state index contributed by atoms with van der Waals surface area (Å²) < 4.78 is 13.3. The Morgan fingerprint density at radius 3 is 2.71 bits per heavy atom. The third-order valence-corrected chi connectivity index (χ3v) is 4.22. The number of nitrogens with one attached hydrogen (secondary N) is 1. The first-order valence-corrected chi connectivity index (χ1v) is 7.45. The van der Waals surface area contributed by atoms with E-state index < -0.39 is 12.1 Å². The van der Waals surface area contributed by atoms with Crippen molar-refractivity contribution in [2.75, 3.05) is 0 Å². The lowest BCUT2D eigenvalue weighted by Gasteiger charge is -2.39. The maximum Gasteiger partial charge on any atom is 0.246 e. The maximum atomic E-state index is 13.3. The van der Waals surface area contributed by atoms with Crippen LogP contribution in [0.5, 0.6) is 0 Å². The van der Waals surface area contributed by atoms with E-state index in [1.165, 1.54) is 12.1 Å². The van der Waals surface area contributed by atoms with Gasteiger partial charge in [-0.15, -0.1) is 0 Å². The molecule has 1 N–H and O–H groups in total. The molecule has 3 rings (SSSR count). The van der Waals surface area contributed by atoms with E-state index in [2.05, 4.69) is 5.32 Å². The Balaban J connectivity index is 1.86. The van der Waals surface area contributed by atoms with Crippen molar-refractivity contribution in [3.63, 3.8) is 0 Å². The molecule has 1 heterocycles. The number of piperazine rings is 1. The molecule has 1 aromatic rings. The molecule has 0 aromatic heterocycles. The number of carbonyl (C=O) groups excluding carboxylic acids is 2. The fourth-order valence-electron chi connectivity index (χ4n) is 2.96. The van der Waals surface area contributed by atoms with Gasteiger partial charge in [-0.25, -0.2) is 4.39 Å². The van der Waals surface area contributed by atoms with Gasteiger partial charge in [0, 0.05) is 6.54 Å². The van der Waals surface area contributed by atoms with Gasteiger partial charge in [-0.05, 0) is 42.9 Å². The van der Waals surface area contributed by atoms with Crippen LogP contribution >= 0.6 is 0 Å². The van der Waals surface area contributed by atoms with Crippen LogP contribution in [-0.2, 0) is 16.1 Å². The van der Waals surface area contributed by atoms with E-state index >= 15 is 0 Å². The Bertz CT molecular complexity index is 571. The van der Waals surface area contributed by atoms with Crippen LogP contribution in [0.4, 0.5) is 4.39 Å². The summed E-state index contributed by atoms with van der Waals surface area (Å²) in [5.41, 5.74) is 0.721. The minimum atomic E-state index is -0.457. The Morgan fingerprint density at radius 2 is 2.10 bits per heavy atom. The van der Waals surface area contributed by atoms with E-state index in [1.807, 2.05) is 6.92 Å². The highest BCUT2D eigenvalue weighted by molar-refractivity contribution is 5.97. The van der Waals surface area contributed by atoms with Crippen LogP contribution in [-0.4, -0.2) is 28.8 Å². The van der Waals surface area contributed by atoms with Crippen molar-refractivity contribution in [3.8, 4) is 0 Å². The molecule has 4 nitrogen and oxygen atoms in total. The first kappa shape index (κ1) is 14.0. The Morgan fingerprint density at radius 1 is 1.33 bits per heavy atom. The SMILES string of the molecule is CCC1NC(=O)C(C2CC2)N(Cc2cccc(F)c2)C1=O. The van der Waals surface area contributed by atoms with Gasteiger partial charge in [-0.1, -0.05) is 19.1 Å². The lowest BCUT2D eigenvalue weighted by atomic mass is 10.0. The number of nitrogens with zero attached hydrogens (tertiary/aromatic N) is 1. The zero-order valence-corrected chi connectivity index (χ0v) is 12.0. The highest BCUT2D eigenvalue weighted by Gasteiger charge is 2.47. The summed E-state index contributed by atoms with van der Waals surface area (Å²) in [6.07, 6.45) is 2.52. The summed E-state index contributed by atoms with van der Waals surface area (Å²) in [6.45, 7) is 2.17. The molecule has 1 aromatic carbocycles. The molecule has 1 aliphatic carbocycles. The Labute approximate surface area is 123 Å². The second-order valence-corrected chi connectivity index (χ2v) is 5.85. The van der Waals surface area contributed by atoms with Gasteiger partial charge in [-0.2, -0.15) is 0 Å². The van der Waals surface area contributed by atoms with Crippen LogP contribution in [0, 0.1) is 11.7 Å². The molecule has 1 saturated carbocycles. The Kier molecular flexibility index (Phi) is 3.66. The fourth-order valence-corrected chi connectivity index (χ4v) is 2.96. The summed E-state index contributed by atoms with van der Waals surface area (Å²) in [7, 11) is 0. The molecular formula is C16H19FN2O2. The van der Waals surface area contributed by atoms with Crippen molar-refractivity contribution in [1.82, 2.24) is 10.2 Å². The standard InChI is InChI=1S/C16H19FN2O2/c1-2-13-16(21)19(9-10-4-3-5-12(17)8-10)14(11-6-7-11)15(20)18-13/h3-5,8,11,13-14H,2,6-7,9H2,1H3,(H,18,20). The van der Waals surface area contributed by atoms with Gasteiger partial charge in [0.15, 0.2) is 0 Å². The van der Waals surface area contributed by atoms with Gasteiger partial charge in [0.25, 0.3) is 0 Å². The van der Waals surface area contributed by atoms with Crippen molar-refractivity contribution in [3.05, 3.63) is 35.6 Å². The zero-order valence-electron chi connectivity index (χ0n) is 12.0. The summed E-state index contributed by atoms with van der Waals surface area (Å²) in [5, 5.41) is 2.81. The second-order valence-electron chi connectivity index (χ2n) is 5.85. The summed E-state index contributed by atoms with van der Waals surface area (Å²) >= 11 is 0. The average molecular weight is 290 g/mol. The van der Waals surface area contributed by atoms with Gasteiger partial charge < -0.3 is 10.2 Å². The second kappa shape index (κ2) is 5.47. The highest BCUT2D eigenvalue weighted by atomic mass is 19.1. The first-order chi connectivity index (χ1) is 10.1. The smallest absolute Gasteiger partial charge is 0.246 e. The van der Waals surface area contributed by atoms with E-state index in [0.717, 1.165) is 18.4 Å². The summed E-state index contributed by atoms with van der Waals surface area (Å²) in [5.74, 6) is -0.199. The minimum absolute atomic E-state index is 0.0572. The van der Waals surface area contributed by atoms with Crippen molar-refractivity contribution in [2.45, 2.75) is 44.8 Å². The first-order valence-electron chi connectivity index (χ1n) is 7.45. The molecule has 2 fully saturated rings. The summed E-state index contributed by atoms with van der Waals surface area (Å²) in [6, 6.07) is 5.35. The summed E-state index contributed by atoms with van der Waals surface area (Å²) in [4.78, 5) is 26.5. The van der Waals surface area contributed by atoms with Gasteiger partial charge in [0.2, 0.25) is 11.8 Å². The number of hydrogen-bond donors (Lipinski definition) is 1. The molecule has 0 bridgehead atoms. The van der Waals surface area contributed by atoms with Crippen LogP contribution in [0.3, 0.4) is 0 Å². The molecule has 21 heavy (non-hydrogen) atoms. The number of carbonyl (C=O) groups is 2. The predicted octanol–water partition coefficient (Wildman–Crippen LogP) is 1.84. The van der Waals surface area contributed by atoms with Crippen LogP contribution in [0.2, 0.25) is 0 Å². The molecule has 1 saturated heterocycles. The zero-order chi connectivity index (χ0) is 15.0. The highest BCUT2D eigenvalue weighted by Crippen LogP contribution is 2.37. The van der Waals surface area contributed by atoms with Gasteiger partial charge in [0.1, 0.15) is 17.9 Å². The van der Waals surface area contributed by atoms with Crippen LogP contribution in [0.25, 0.3) is 0 Å². The topological polar surface area (TPSA) is 49.4 Å². The van der Waals surface area contributed by atoms with E-state index in [4.69, 9.17) is 0 Å². The lowest BCUT2D eigenvalue weighted by molar-refractivity contribution is -0.151. The average Bonchev–Trinajstić information content (AvgIpc) is 3.27. The number of amides is 2. The van der Waals surface area contributed by atoms with E-state index in [1.54, 1.807) is 17.0 Å². The van der Waals surface area contributed by atoms with E-state index in [9.17, 15) is 14.0 Å². The van der Waals surface area contributed by atoms with E-state index in [0.29, 0.717) is 13.0 Å². The molecule has 2 aliphatic rings. The van der Waals surface area contributed by atoms with Crippen LogP contribution in [0.1, 0.15) is 31.7 Å². The van der Waals surface area contributed by atoms with Gasteiger partial charge in [0.05, 0.1) is 0 Å². The van der Waals surface area contributed by atoms with Crippen molar-refractivity contribution in [2.24, 2.45) is 5.92 Å². The third kappa shape index (κ3) is 2.77. The molecule has 5 heteroatoms. The molecular weight excluding hydrogens is 271 g/mol. The van der Waals surface area contributed by atoms with Crippen LogP contribution < -0.4 is 5.32 Å². The molecule has 2 amide bonds. The molecule has 2 atom stereocenters. The number of benzene rings is 1. The molecule has 0 spiro atoms. The number of halogens is 1. The lowest BCUT2D eigenvalue weighted by Crippen LogP contribution is -2.63. The number of hydrogen-bond acceptors (Lipinski definition) is 2. The van der Waals surface area contributed by atoms with Crippen molar-refractivity contribution >= 4 is 11.8 Å². The normalized spacial score (nSPS) is 25.9. The fraction of sp³-hybridized carbons (Fsp3) is 0.500. The van der Waals surface area contributed by atoms with E-state index in [-0.39, 0.29) is 23.5 Å². The van der Waals surface area contributed by atoms with Gasteiger partial charge >= 0.3 is 0 Å². The van der Waals surface area contributed by atoms with Crippen molar-refractivity contribution in [1.29, 1.82) is 0 Å². The Hall–Kier alpha value is -1.91. The minimum Gasteiger partial charge on any atom is -0.343 e.